The van der Waals surface area contributed by atoms with E-state index in [0.717, 1.165) is 17.5 Å². The van der Waals surface area contributed by atoms with Gasteiger partial charge in [0.05, 0.1) is 6.61 Å². The van der Waals surface area contributed by atoms with Crippen molar-refractivity contribution in [2.75, 3.05) is 13.2 Å². The van der Waals surface area contributed by atoms with Crippen molar-refractivity contribution in [2.45, 2.75) is 12.8 Å². The van der Waals surface area contributed by atoms with Crippen LogP contribution in [0.15, 0.2) is 41.2 Å². The van der Waals surface area contributed by atoms with E-state index in [2.05, 4.69) is 10.4 Å². The number of hydrogen-bond acceptors (Lipinski definition) is 4. The number of aliphatic hydroxyl groups excluding tert-OH is 1. The third kappa shape index (κ3) is 3.14. The highest BCUT2D eigenvalue weighted by Gasteiger charge is 2.42. The molecule has 1 heterocycles. The monoisotopic (exact) mass is 317 g/mol. The first kappa shape index (κ1) is 15.4. The molecule has 6 nitrogen and oxygen atoms in total. The zero-order valence-electron chi connectivity index (χ0n) is 12.3. The summed E-state index contributed by atoms with van der Waals surface area (Å²) in [7, 11) is 0. The Labute approximate surface area is 131 Å². The molecule has 0 aliphatic heterocycles. The number of carbonyl (C=O) groups is 1. The maximum Gasteiger partial charge on any atom is 0.271 e. The van der Waals surface area contributed by atoms with Crippen molar-refractivity contribution in [3.63, 3.8) is 0 Å². The molecule has 0 saturated heterocycles. The Morgan fingerprint density at radius 3 is 2.70 bits per heavy atom. The molecule has 23 heavy (non-hydrogen) atoms. The van der Waals surface area contributed by atoms with Crippen LogP contribution in [0.25, 0.3) is 5.69 Å². The summed E-state index contributed by atoms with van der Waals surface area (Å²) in [5.41, 5.74) is -0.751. The van der Waals surface area contributed by atoms with E-state index in [-0.39, 0.29) is 23.4 Å². The van der Waals surface area contributed by atoms with Crippen LogP contribution < -0.4 is 10.9 Å². The number of benzene rings is 1. The van der Waals surface area contributed by atoms with Crippen molar-refractivity contribution in [2.24, 2.45) is 5.41 Å². The van der Waals surface area contributed by atoms with Gasteiger partial charge in [0.2, 0.25) is 0 Å². The van der Waals surface area contributed by atoms with Crippen molar-refractivity contribution in [3.8, 4) is 5.69 Å². The second-order valence-electron chi connectivity index (χ2n) is 5.76. The molecule has 1 aromatic carbocycles. The zero-order chi connectivity index (χ0) is 16.4. The average Bonchev–Trinajstić information content (AvgIpc) is 3.34. The van der Waals surface area contributed by atoms with E-state index in [1.807, 2.05) is 0 Å². The molecule has 3 rings (SSSR count). The summed E-state index contributed by atoms with van der Waals surface area (Å²) in [6, 6.07) is 8.19. The van der Waals surface area contributed by atoms with E-state index in [4.69, 9.17) is 0 Å². The first-order valence-electron chi connectivity index (χ1n) is 7.29. The predicted octanol–water partition coefficient (Wildman–Crippen LogP) is 0.874. The van der Waals surface area contributed by atoms with E-state index in [1.54, 1.807) is 6.07 Å². The number of nitrogens with zero attached hydrogens (tertiary/aromatic N) is 2. The first-order valence-corrected chi connectivity index (χ1v) is 7.29. The largest absolute Gasteiger partial charge is 0.396 e. The highest BCUT2D eigenvalue weighted by Crippen LogP contribution is 2.44. The first-order chi connectivity index (χ1) is 11.0. The summed E-state index contributed by atoms with van der Waals surface area (Å²) in [5.74, 6) is -1.06. The Morgan fingerprint density at radius 1 is 1.30 bits per heavy atom. The van der Waals surface area contributed by atoms with E-state index < -0.39 is 17.3 Å². The predicted molar refractivity (Wildman–Crippen MR) is 80.9 cm³/mol. The minimum atomic E-state index is -0.600. The van der Waals surface area contributed by atoms with Gasteiger partial charge >= 0.3 is 0 Å². The van der Waals surface area contributed by atoms with Crippen molar-refractivity contribution < 1.29 is 14.3 Å². The van der Waals surface area contributed by atoms with Crippen LogP contribution in [0.4, 0.5) is 4.39 Å². The lowest BCUT2D eigenvalue weighted by molar-refractivity contribution is 0.0928. The van der Waals surface area contributed by atoms with Crippen molar-refractivity contribution in [1.29, 1.82) is 0 Å². The van der Waals surface area contributed by atoms with Gasteiger partial charge in [-0.05, 0) is 31.0 Å². The number of carbonyl (C=O) groups excluding carboxylic acids is 1. The van der Waals surface area contributed by atoms with E-state index in [9.17, 15) is 19.1 Å². The lowest BCUT2D eigenvalue weighted by Crippen LogP contribution is -2.34. The quantitative estimate of drug-likeness (QED) is 0.857. The second-order valence-corrected chi connectivity index (χ2v) is 5.76. The SMILES string of the molecule is O=C(NCC1(CO)CC1)c1ccc(=O)n(-c2ccccc2F)n1. The molecule has 1 aromatic heterocycles. The number of rotatable bonds is 5. The van der Waals surface area contributed by atoms with Crippen LogP contribution in [0.5, 0.6) is 0 Å². The molecule has 1 amide bonds. The van der Waals surface area contributed by atoms with Crippen LogP contribution in [0.2, 0.25) is 0 Å². The molecular formula is C16H16FN3O3. The fourth-order valence-corrected chi connectivity index (χ4v) is 2.25. The van der Waals surface area contributed by atoms with E-state index >= 15 is 0 Å². The van der Waals surface area contributed by atoms with Crippen LogP contribution in [-0.2, 0) is 0 Å². The summed E-state index contributed by atoms with van der Waals surface area (Å²) in [6.07, 6.45) is 1.73. The molecular weight excluding hydrogens is 301 g/mol. The van der Waals surface area contributed by atoms with Crippen LogP contribution in [-0.4, -0.2) is 33.9 Å². The standard InChI is InChI=1S/C16H16FN3O3/c17-11-3-1-2-4-13(11)20-14(22)6-5-12(19-20)15(23)18-9-16(10-21)7-8-16/h1-6,21H,7-10H2,(H,18,23). The van der Waals surface area contributed by atoms with Gasteiger partial charge in [0.1, 0.15) is 17.2 Å². The minimum Gasteiger partial charge on any atom is -0.396 e. The number of nitrogens with one attached hydrogen (secondary N) is 1. The molecule has 2 aromatic rings. The van der Waals surface area contributed by atoms with Crippen LogP contribution >= 0.6 is 0 Å². The van der Waals surface area contributed by atoms with Crippen LogP contribution in [0.1, 0.15) is 23.3 Å². The number of para-hydroxylation sites is 1. The second kappa shape index (κ2) is 5.92. The van der Waals surface area contributed by atoms with E-state index in [0.29, 0.717) is 6.54 Å². The van der Waals surface area contributed by atoms with Gasteiger partial charge in [-0.1, -0.05) is 12.1 Å². The Bertz CT molecular complexity index is 799. The van der Waals surface area contributed by atoms with Gasteiger partial charge in [-0.2, -0.15) is 9.78 Å². The van der Waals surface area contributed by atoms with Crippen LogP contribution in [0, 0.1) is 11.2 Å². The summed E-state index contributed by atoms with van der Waals surface area (Å²) in [4.78, 5) is 24.0. The summed E-state index contributed by atoms with van der Waals surface area (Å²) in [5, 5.41) is 15.9. The minimum absolute atomic E-state index is 0.0128. The van der Waals surface area contributed by atoms with Crippen LogP contribution in [0.3, 0.4) is 0 Å². The lowest BCUT2D eigenvalue weighted by Gasteiger charge is -2.13. The number of halogens is 1. The Balaban J connectivity index is 1.84. The van der Waals surface area contributed by atoms with E-state index in [1.165, 1.54) is 30.3 Å². The Kier molecular flexibility index (Phi) is 3.96. The number of amides is 1. The third-order valence-electron chi connectivity index (χ3n) is 4.03. The smallest absolute Gasteiger partial charge is 0.271 e. The Morgan fingerprint density at radius 2 is 2.04 bits per heavy atom. The maximum absolute atomic E-state index is 13.8. The maximum atomic E-state index is 13.8. The van der Waals surface area contributed by atoms with Gasteiger partial charge < -0.3 is 10.4 Å². The lowest BCUT2D eigenvalue weighted by atomic mass is 10.1. The van der Waals surface area contributed by atoms with Gasteiger partial charge in [-0.15, -0.1) is 0 Å². The highest BCUT2D eigenvalue weighted by atomic mass is 19.1. The highest BCUT2D eigenvalue weighted by molar-refractivity contribution is 5.92. The normalized spacial score (nSPS) is 15.2. The molecule has 2 N–H and O–H groups in total. The van der Waals surface area contributed by atoms with Gasteiger partial charge in [0.25, 0.3) is 11.5 Å². The summed E-state index contributed by atoms with van der Waals surface area (Å²) >= 11 is 0. The van der Waals surface area contributed by atoms with Gasteiger partial charge in [-0.3, -0.25) is 9.59 Å². The fraction of sp³-hybridized carbons (Fsp3) is 0.312. The molecule has 1 saturated carbocycles. The number of aromatic nitrogens is 2. The zero-order valence-corrected chi connectivity index (χ0v) is 12.3. The molecule has 1 fully saturated rings. The van der Waals surface area contributed by atoms with Gasteiger partial charge in [0, 0.05) is 18.0 Å². The molecule has 0 bridgehead atoms. The topological polar surface area (TPSA) is 84.2 Å². The number of aliphatic hydroxyl groups is 1. The average molecular weight is 317 g/mol. The van der Waals surface area contributed by atoms with Crippen molar-refractivity contribution in [3.05, 3.63) is 58.3 Å². The summed E-state index contributed by atoms with van der Waals surface area (Å²) in [6.45, 7) is 0.373. The Hall–Kier alpha value is -2.54. The molecule has 7 heteroatoms. The molecule has 0 spiro atoms. The molecule has 120 valence electrons. The van der Waals surface area contributed by atoms with Gasteiger partial charge in [0.15, 0.2) is 0 Å². The third-order valence-corrected chi connectivity index (χ3v) is 4.03. The van der Waals surface area contributed by atoms with Crippen molar-refractivity contribution in [1.82, 2.24) is 15.1 Å². The molecule has 1 aliphatic carbocycles. The fourth-order valence-electron chi connectivity index (χ4n) is 2.25. The summed E-state index contributed by atoms with van der Waals surface area (Å²) < 4.78 is 14.7. The van der Waals surface area contributed by atoms with Crippen molar-refractivity contribution >= 4 is 5.91 Å². The molecule has 0 unspecified atom stereocenters. The number of hydrogen-bond donors (Lipinski definition) is 2. The van der Waals surface area contributed by atoms with Gasteiger partial charge in [-0.25, -0.2) is 4.39 Å². The molecule has 0 atom stereocenters. The molecule has 0 radical (unpaired) electrons. The molecule has 1 aliphatic rings.